The third kappa shape index (κ3) is 4.06. The molecule has 3 N–H and O–H groups in total. The first-order valence-electron chi connectivity index (χ1n) is 6.97. The molecule has 5 heteroatoms. The van der Waals surface area contributed by atoms with E-state index in [1.165, 1.54) is 0 Å². The molecule has 1 fully saturated rings. The first-order chi connectivity index (χ1) is 9.66. The highest BCUT2D eigenvalue weighted by Crippen LogP contribution is 2.11. The summed E-state index contributed by atoms with van der Waals surface area (Å²) in [5, 5.41) is 15.1. The van der Waals surface area contributed by atoms with E-state index in [2.05, 4.69) is 10.6 Å². The number of aromatic carboxylic acids is 1. The largest absolute Gasteiger partial charge is 0.478 e. The molecule has 0 aliphatic carbocycles. The normalized spacial score (nSPS) is 15.8. The van der Waals surface area contributed by atoms with Crippen molar-refractivity contribution >= 4 is 11.9 Å². The fourth-order valence-electron chi connectivity index (χ4n) is 2.42. The maximum absolute atomic E-state index is 11.9. The summed E-state index contributed by atoms with van der Waals surface area (Å²) in [6.07, 6.45) is 2.43. The molecule has 1 aromatic carbocycles. The van der Waals surface area contributed by atoms with E-state index < -0.39 is 5.97 Å². The zero-order chi connectivity index (χ0) is 14.4. The summed E-state index contributed by atoms with van der Waals surface area (Å²) >= 11 is 0. The van der Waals surface area contributed by atoms with E-state index in [-0.39, 0.29) is 17.4 Å². The van der Waals surface area contributed by atoms with Crippen LogP contribution in [0.25, 0.3) is 0 Å². The number of hydrogen-bond donors (Lipinski definition) is 3. The minimum Gasteiger partial charge on any atom is -0.478 e. The van der Waals surface area contributed by atoms with Gasteiger partial charge >= 0.3 is 5.97 Å². The number of piperidine rings is 1. The molecule has 2 rings (SSSR count). The number of carboxylic acids is 1. The lowest BCUT2D eigenvalue weighted by molar-refractivity contribution is -0.125. The minimum atomic E-state index is -0.925. The van der Waals surface area contributed by atoms with Crippen molar-refractivity contribution in [1.29, 1.82) is 0 Å². The summed E-state index contributed by atoms with van der Waals surface area (Å²) in [6, 6.07) is 6.83. The number of carbonyl (C=O) groups is 2. The average Bonchev–Trinajstić information content (AvgIpc) is 2.48. The molecule has 0 bridgehead atoms. The molecule has 20 heavy (non-hydrogen) atoms. The van der Waals surface area contributed by atoms with Gasteiger partial charge in [-0.1, -0.05) is 12.1 Å². The van der Waals surface area contributed by atoms with Crippen LogP contribution >= 0.6 is 0 Å². The lowest BCUT2D eigenvalue weighted by Crippen LogP contribution is -2.38. The predicted molar refractivity (Wildman–Crippen MR) is 75.7 cm³/mol. The van der Waals surface area contributed by atoms with Crippen molar-refractivity contribution in [2.45, 2.75) is 19.3 Å². The van der Waals surface area contributed by atoms with E-state index in [1.807, 2.05) is 6.07 Å². The Morgan fingerprint density at radius 2 is 2.05 bits per heavy atom. The van der Waals surface area contributed by atoms with Gasteiger partial charge in [0.05, 0.1) is 5.56 Å². The van der Waals surface area contributed by atoms with Crippen molar-refractivity contribution in [3.8, 4) is 0 Å². The number of carbonyl (C=O) groups excluding carboxylic acids is 1. The molecule has 1 heterocycles. The molecule has 1 aromatic rings. The Bertz CT molecular complexity index is 482. The summed E-state index contributed by atoms with van der Waals surface area (Å²) < 4.78 is 0. The number of carboxylic acid groups (broad SMARTS) is 1. The summed E-state index contributed by atoms with van der Waals surface area (Å²) in [4.78, 5) is 22.8. The number of amides is 1. The third-order valence-corrected chi connectivity index (χ3v) is 3.60. The van der Waals surface area contributed by atoms with E-state index in [0.717, 1.165) is 31.5 Å². The Kier molecular flexibility index (Phi) is 5.12. The van der Waals surface area contributed by atoms with Gasteiger partial charge in [-0.05, 0) is 50.0 Å². The van der Waals surface area contributed by atoms with Gasteiger partial charge in [0.15, 0.2) is 0 Å². The second-order valence-corrected chi connectivity index (χ2v) is 5.07. The van der Waals surface area contributed by atoms with E-state index >= 15 is 0 Å². The van der Waals surface area contributed by atoms with Crippen LogP contribution in [0.5, 0.6) is 0 Å². The van der Waals surface area contributed by atoms with Gasteiger partial charge in [0.1, 0.15) is 0 Å². The van der Waals surface area contributed by atoms with Crippen molar-refractivity contribution in [2.24, 2.45) is 5.92 Å². The maximum atomic E-state index is 11.9. The zero-order valence-corrected chi connectivity index (χ0v) is 11.4. The standard InChI is InChI=1S/C15H20N2O3/c18-14(12-5-7-16-8-6-12)17-9-4-11-2-1-3-13(10-11)15(19)20/h1-3,10,12,16H,4-9H2,(H,17,18)(H,19,20). The third-order valence-electron chi connectivity index (χ3n) is 3.60. The minimum absolute atomic E-state index is 0.112. The Labute approximate surface area is 118 Å². The molecule has 0 radical (unpaired) electrons. The van der Waals surface area contributed by atoms with E-state index in [9.17, 15) is 9.59 Å². The first kappa shape index (κ1) is 14.5. The van der Waals surface area contributed by atoms with Crippen molar-refractivity contribution < 1.29 is 14.7 Å². The molecule has 0 unspecified atom stereocenters. The highest BCUT2D eigenvalue weighted by Gasteiger charge is 2.20. The van der Waals surface area contributed by atoms with Crippen molar-refractivity contribution in [1.82, 2.24) is 10.6 Å². The first-order valence-corrected chi connectivity index (χ1v) is 6.97. The Hall–Kier alpha value is -1.88. The lowest BCUT2D eigenvalue weighted by atomic mass is 9.97. The fraction of sp³-hybridized carbons (Fsp3) is 0.467. The number of nitrogens with one attached hydrogen (secondary N) is 2. The van der Waals surface area contributed by atoms with E-state index in [4.69, 9.17) is 5.11 Å². The SMILES string of the molecule is O=C(O)c1cccc(CCNC(=O)C2CCNCC2)c1. The number of rotatable bonds is 5. The van der Waals surface area contributed by atoms with Crippen LogP contribution in [0.4, 0.5) is 0 Å². The van der Waals surface area contributed by atoms with Gasteiger partial charge in [0.25, 0.3) is 0 Å². The summed E-state index contributed by atoms with van der Waals surface area (Å²) in [5.74, 6) is -0.701. The average molecular weight is 276 g/mol. The van der Waals surface area contributed by atoms with Crippen LogP contribution < -0.4 is 10.6 Å². The Morgan fingerprint density at radius 1 is 1.30 bits per heavy atom. The molecule has 0 saturated carbocycles. The van der Waals surface area contributed by atoms with Gasteiger partial charge in [-0.3, -0.25) is 4.79 Å². The van der Waals surface area contributed by atoms with Gasteiger partial charge in [-0.25, -0.2) is 4.79 Å². The molecule has 1 saturated heterocycles. The second kappa shape index (κ2) is 7.05. The van der Waals surface area contributed by atoms with Crippen LogP contribution in [-0.2, 0) is 11.2 Å². The van der Waals surface area contributed by atoms with E-state index in [1.54, 1.807) is 18.2 Å². The van der Waals surface area contributed by atoms with Crippen LogP contribution in [0.3, 0.4) is 0 Å². The van der Waals surface area contributed by atoms with Crippen molar-refractivity contribution in [2.75, 3.05) is 19.6 Å². The molecule has 0 aromatic heterocycles. The molecule has 0 spiro atoms. The van der Waals surface area contributed by atoms with Gasteiger partial charge in [-0.15, -0.1) is 0 Å². The summed E-state index contributed by atoms with van der Waals surface area (Å²) in [6.45, 7) is 2.35. The van der Waals surface area contributed by atoms with Gasteiger partial charge in [0.2, 0.25) is 5.91 Å². The molecule has 0 atom stereocenters. The van der Waals surface area contributed by atoms with Gasteiger partial charge in [-0.2, -0.15) is 0 Å². The highest BCUT2D eigenvalue weighted by molar-refractivity contribution is 5.87. The molecule has 1 aliphatic rings. The Balaban J connectivity index is 1.79. The van der Waals surface area contributed by atoms with Gasteiger partial charge in [0, 0.05) is 12.5 Å². The van der Waals surface area contributed by atoms with Crippen LogP contribution in [0.15, 0.2) is 24.3 Å². The number of hydrogen-bond acceptors (Lipinski definition) is 3. The molecule has 5 nitrogen and oxygen atoms in total. The highest BCUT2D eigenvalue weighted by atomic mass is 16.4. The fourth-order valence-corrected chi connectivity index (χ4v) is 2.42. The molecule has 1 amide bonds. The van der Waals surface area contributed by atoms with E-state index in [0.29, 0.717) is 13.0 Å². The van der Waals surface area contributed by atoms with Crippen LogP contribution in [-0.4, -0.2) is 36.6 Å². The van der Waals surface area contributed by atoms with Crippen molar-refractivity contribution in [3.63, 3.8) is 0 Å². The summed E-state index contributed by atoms with van der Waals surface area (Å²) in [5.41, 5.74) is 1.21. The van der Waals surface area contributed by atoms with Crippen molar-refractivity contribution in [3.05, 3.63) is 35.4 Å². The van der Waals surface area contributed by atoms with Crippen LogP contribution in [0, 0.1) is 5.92 Å². The molecular formula is C15H20N2O3. The molecule has 108 valence electrons. The smallest absolute Gasteiger partial charge is 0.335 e. The monoisotopic (exact) mass is 276 g/mol. The topological polar surface area (TPSA) is 78.4 Å². The summed E-state index contributed by atoms with van der Waals surface area (Å²) in [7, 11) is 0. The van der Waals surface area contributed by atoms with Crippen LogP contribution in [0.1, 0.15) is 28.8 Å². The van der Waals surface area contributed by atoms with Gasteiger partial charge < -0.3 is 15.7 Å². The lowest BCUT2D eigenvalue weighted by Gasteiger charge is -2.21. The predicted octanol–water partition coefficient (Wildman–Crippen LogP) is 1.04. The Morgan fingerprint density at radius 3 is 2.75 bits per heavy atom. The molecule has 1 aliphatic heterocycles. The molecular weight excluding hydrogens is 256 g/mol. The maximum Gasteiger partial charge on any atom is 0.335 e. The second-order valence-electron chi connectivity index (χ2n) is 5.07. The van der Waals surface area contributed by atoms with Crippen LogP contribution in [0.2, 0.25) is 0 Å². The number of benzene rings is 1. The zero-order valence-electron chi connectivity index (χ0n) is 11.4. The quantitative estimate of drug-likeness (QED) is 0.751.